The topological polar surface area (TPSA) is 18.5 Å². The third-order valence-corrected chi connectivity index (χ3v) is 2.54. The van der Waals surface area contributed by atoms with Crippen molar-refractivity contribution in [3.63, 3.8) is 0 Å². The molecule has 1 unspecified atom stereocenters. The van der Waals surface area contributed by atoms with Crippen molar-refractivity contribution in [2.24, 2.45) is 11.8 Å². The minimum Gasteiger partial charge on any atom is -0.347 e. The van der Waals surface area contributed by atoms with Gasteiger partial charge in [0.05, 0.1) is 12.7 Å². The van der Waals surface area contributed by atoms with E-state index in [2.05, 4.69) is 34.6 Å². The summed E-state index contributed by atoms with van der Waals surface area (Å²) in [6.07, 6.45) is 0.245. The first-order valence-corrected chi connectivity index (χ1v) is 4.80. The molecule has 0 bridgehead atoms. The molecule has 1 heterocycles. The minimum absolute atomic E-state index is 0.245. The summed E-state index contributed by atoms with van der Waals surface area (Å²) < 4.78 is 11.6. The second-order valence-electron chi connectivity index (χ2n) is 4.27. The first-order chi connectivity index (χ1) is 5.49. The van der Waals surface area contributed by atoms with Crippen molar-refractivity contribution in [2.75, 3.05) is 6.61 Å². The van der Waals surface area contributed by atoms with E-state index < -0.39 is 0 Å². The molecule has 0 amide bonds. The Morgan fingerprint density at radius 2 is 1.67 bits per heavy atom. The van der Waals surface area contributed by atoms with E-state index in [1.807, 2.05) is 0 Å². The fourth-order valence-electron chi connectivity index (χ4n) is 1.90. The van der Waals surface area contributed by atoms with Crippen LogP contribution in [0.3, 0.4) is 0 Å². The molecule has 1 fully saturated rings. The first-order valence-electron chi connectivity index (χ1n) is 4.80. The Labute approximate surface area is 75.2 Å². The van der Waals surface area contributed by atoms with E-state index in [9.17, 15) is 0 Å². The Bertz CT molecular complexity index is 144. The summed E-state index contributed by atoms with van der Waals surface area (Å²) in [4.78, 5) is 0. The van der Waals surface area contributed by atoms with Crippen LogP contribution in [0.1, 0.15) is 34.6 Å². The SMILES string of the molecule is CC1COC(C(C)C)(C(C)C)O1. The van der Waals surface area contributed by atoms with E-state index >= 15 is 0 Å². The van der Waals surface area contributed by atoms with E-state index in [0.29, 0.717) is 11.8 Å². The normalized spacial score (nSPS) is 28.8. The maximum atomic E-state index is 5.85. The lowest BCUT2D eigenvalue weighted by Gasteiger charge is -2.35. The summed E-state index contributed by atoms with van der Waals surface area (Å²) in [7, 11) is 0. The van der Waals surface area contributed by atoms with Gasteiger partial charge in [-0.15, -0.1) is 0 Å². The fraction of sp³-hybridized carbons (Fsp3) is 1.00. The van der Waals surface area contributed by atoms with Crippen LogP contribution in [-0.4, -0.2) is 18.5 Å². The van der Waals surface area contributed by atoms with Gasteiger partial charge < -0.3 is 9.47 Å². The average Bonchev–Trinajstić information content (AvgIpc) is 2.32. The molecule has 1 rings (SSSR count). The lowest BCUT2D eigenvalue weighted by atomic mass is 9.91. The monoisotopic (exact) mass is 172 g/mol. The number of rotatable bonds is 2. The molecule has 72 valence electrons. The molecule has 0 saturated carbocycles. The molecule has 12 heavy (non-hydrogen) atoms. The summed E-state index contributed by atoms with van der Waals surface area (Å²) >= 11 is 0. The van der Waals surface area contributed by atoms with Gasteiger partial charge in [0.2, 0.25) is 0 Å². The highest BCUT2D eigenvalue weighted by molar-refractivity contribution is 4.83. The van der Waals surface area contributed by atoms with Crippen molar-refractivity contribution in [1.29, 1.82) is 0 Å². The van der Waals surface area contributed by atoms with Gasteiger partial charge in [-0.2, -0.15) is 0 Å². The Morgan fingerprint density at radius 3 is 1.83 bits per heavy atom. The molecule has 0 aromatic rings. The molecule has 1 atom stereocenters. The summed E-state index contributed by atoms with van der Waals surface area (Å²) in [5.74, 6) is 0.504. The van der Waals surface area contributed by atoms with Gasteiger partial charge in [-0.3, -0.25) is 0 Å². The molecular formula is C10H20O2. The molecule has 0 radical (unpaired) electrons. The van der Waals surface area contributed by atoms with Crippen molar-refractivity contribution >= 4 is 0 Å². The van der Waals surface area contributed by atoms with E-state index in [4.69, 9.17) is 9.47 Å². The zero-order chi connectivity index (χ0) is 9.35. The van der Waals surface area contributed by atoms with Gasteiger partial charge in [0.25, 0.3) is 0 Å². The highest BCUT2D eigenvalue weighted by Gasteiger charge is 2.45. The third-order valence-electron chi connectivity index (χ3n) is 2.54. The van der Waals surface area contributed by atoms with Gasteiger partial charge in [-0.1, -0.05) is 27.7 Å². The van der Waals surface area contributed by atoms with Gasteiger partial charge in [-0.25, -0.2) is 0 Å². The zero-order valence-corrected chi connectivity index (χ0v) is 8.76. The molecule has 2 heteroatoms. The maximum Gasteiger partial charge on any atom is 0.173 e. The fourth-order valence-corrected chi connectivity index (χ4v) is 1.90. The Morgan fingerprint density at radius 1 is 1.17 bits per heavy atom. The first kappa shape index (κ1) is 10.0. The van der Waals surface area contributed by atoms with E-state index in [0.717, 1.165) is 6.61 Å². The molecule has 1 aliphatic rings. The standard InChI is InChI=1S/C10H20O2/c1-7(2)10(8(3)4)11-6-9(5)12-10/h7-9H,6H2,1-5H3. The Kier molecular flexibility index (Phi) is 2.79. The number of hydrogen-bond donors (Lipinski definition) is 0. The molecular weight excluding hydrogens is 152 g/mol. The van der Waals surface area contributed by atoms with Crippen LogP contribution >= 0.6 is 0 Å². The summed E-state index contributed by atoms with van der Waals surface area (Å²) in [6.45, 7) is 11.4. The van der Waals surface area contributed by atoms with Gasteiger partial charge in [0, 0.05) is 11.8 Å². The summed E-state index contributed by atoms with van der Waals surface area (Å²) in [5.41, 5.74) is 0. The average molecular weight is 172 g/mol. The van der Waals surface area contributed by atoms with Crippen LogP contribution in [-0.2, 0) is 9.47 Å². The Balaban J connectivity index is 2.75. The van der Waals surface area contributed by atoms with Crippen molar-refractivity contribution < 1.29 is 9.47 Å². The third kappa shape index (κ3) is 1.50. The molecule has 0 aromatic carbocycles. The summed E-state index contributed by atoms with van der Waals surface area (Å²) in [6, 6.07) is 0. The molecule has 0 N–H and O–H groups in total. The summed E-state index contributed by atoms with van der Waals surface area (Å²) in [5, 5.41) is 0. The van der Waals surface area contributed by atoms with Crippen molar-refractivity contribution in [3.8, 4) is 0 Å². The second kappa shape index (κ2) is 3.35. The predicted octanol–water partition coefficient (Wildman–Crippen LogP) is 2.43. The van der Waals surface area contributed by atoms with Crippen LogP contribution < -0.4 is 0 Å². The van der Waals surface area contributed by atoms with E-state index in [1.165, 1.54) is 0 Å². The van der Waals surface area contributed by atoms with Crippen LogP contribution in [0.2, 0.25) is 0 Å². The van der Waals surface area contributed by atoms with Crippen LogP contribution in [0.15, 0.2) is 0 Å². The van der Waals surface area contributed by atoms with Crippen molar-refractivity contribution in [2.45, 2.75) is 46.5 Å². The second-order valence-corrected chi connectivity index (χ2v) is 4.27. The smallest absolute Gasteiger partial charge is 0.173 e. The largest absolute Gasteiger partial charge is 0.347 e. The minimum atomic E-state index is -0.334. The Hall–Kier alpha value is -0.0800. The predicted molar refractivity (Wildman–Crippen MR) is 48.9 cm³/mol. The highest BCUT2D eigenvalue weighted by Crippen LogP contribution is 2.37. The molecule has 1 saturated heterocycles. The molecule has 0 aromatic heterocycles. The lowest BCUT2D eigenvalue weighted by molar-refractivity contribution is -0.224. The lowest BCUT2D eigenvalue weighted by Crippen LogP contribution is -2.42. The molecule has 2 nitrogen and oxygen atoms in total. The quantitative estimate of drug-likeness (QED) is 0.637. The molecule has 1 aliphatic heterocycles. The van der Waals surface area contributed by atoms with Crippen LogP contribution in [0, 0.1) is 11.8 Å². The van der Waals surface area contributed by atoms with Gasteiger partial charge in [-0.05, 0) is 6.92 Å². The van der Waals surface area contributed by atoms with E-state index in [1.54, 1.807) is 0 Å². The van der Waals surface area contributed by atoms with Crippen molar-refractivity contribution in [3.05, 3.63) is 0 Å². The number of ether oxygens (including phenoxy) is 2. The van der Waals surface area contributed by atoms with E-state index in [-0.39, 0.29) is 11.9 Å². The molecule has 0 spiro atoms. The van der Waals surface area contributed by atoms with Gasteiger partial charge in [0.15, 0.2) is 5.79 Å². The van der Waals surface area contributed by atoms with Crippen LogP contribution in [0.25, 0.3) is 0 Å². The van der Waals surface area contributed by atoms with Crippen molar-refractivity contribution in [1.82, 2.24) is 0 Å². The van der Waals surface area contributed by atoms with Gasteiger partial charge >= 0.3 is 0 Å². The maximum absolute atomic E-state index is 5.85. The number of hydrogen-bond acceptors (Lipinski definition) is 2. The zero-order valence-electron chi connectivity index (χ0n) is 8.76. The van der Waals surface area contributed by atoms with Crippen LogP contribution in [0.5, 0.6) is 0 Å². The molecule has 0 aliphatic carbocycles. The van der Waals surface area contributed by atoms with Crippen LogP contribution in [0.4, 0.5) is 0 Å². The highest BCUT2D eigenvalue weighted by atomic mass is 16.7. The van der Waals surface area contributed by atoms with Gasteiger partial charge in [0.1, 0.15) is 0 Å².